The Kier molecular flexibility index (Phi) is 5.41. The van der Waals surface area contributed by atoms with Crippen LogP contribution in [0.4, 0.5) is 0 Å². The molecule has 0 aliphatic heterocycles. The molecule has 1 aromatic heterocycles. The van der Waals surface area contributed by atoms with E-state index in [2.05, 4.69) is 15.3 Å². The Labute approximate surface area is 134 Å². The Morgan fingerprint density at radius 1 is 1.26 bits per heavy atom. The van der Waals surface area contributed by atoms with Crippen LogP contribution in [-0.4, -0.2) is 35.3 Å². The van der Waals surface area contributed by atoms with Crippen molar-refractivity contribution in [2.45, 2.75) is 19.8 Å². The predicted molar refractivity (Wildman–Crippen MR) is 85.8 cm³/mol. The van der Waals surface area contributed by atoms with E-state index in [1.54, 1.807) is 25.3 Å². The number of rotatable bonds is 6. The number of aromatic nitrogens is 2. The summed E-state index contributed by atoms with van der Waals surface area (Å²) in [6.45, 7) is 3.96. The van der Waals surface area contributed by atoms with Gasteiger partial charge in [0.15, 0.2) is 5.78 Å². The van der Waals surface area contributed by atoms with Crippen molar-refractivity contribution >= 4 is 11.7 Å². The van der Waals surface area contributed by atoms with E-state index in [9.17, 15) is 9.59 Å². The van der Waals surface area contributed by atoms with Crippen LogP contribution >= 0.6 is 0 Å². The second kappa shape index (κ2) is 7.49. The molecule has 6 nitrogen and oxygen atoms in total. The third-order valence-electron chi connectivity index (χ3n) is 3.38. The molecule has 120 valence electrons. The molecular formula is C17H19N3O3. The lowest BCUT2D eigenvalue weighted by Crippen LogP contribution is -2.30. The number of methoxy groups -OCH3 is 1. The first-order chi connectivity index (χ1) is 11.0. The van der Waals surface area contributed by atoms with Crippen molar-refractivity contribution in [3.8, 4) is 5.75 Å². The smallest absolute Gasteiger partial charge is 0.271 e. The van der Waals surface area contributed by atoms with E-state index in [0.717, 1.165) is 11.3 Å². The molecular weight excluding hydrogens is 294 g/mol. The van der Waals surface area contributed by atoms with E-state index in [1.807, 2.05) is 13.8 Å². The Morgan fingerprint density at radius 3 is 2.65 bits per heavy atom. The lowest BCUT2D eigenvalue weighted by molar-refractivity contribution is 0.0900. The molecule has 1 amide bonds. The molecule has 0 bridgehead atoms. The monoisotopic (exact) mass is 313 g/mol. The van der Waals surface area contributed by atoms with E-state index in [1.165, 1.54) is 18.6 Å². The summed E-state index contributed by atoms with van der Waals surface area (Å²) in [6, 6.07) is 5.27. The minimum atomic E-state index is -0.427. The molecule has 0 radical (unpaired) electrons. The quantitative estimate of drug-likeness (QED) is 0.827. The van der Waals surface area contributed by atoms with E-state index in [4.69, 9.17) is 4.74 Å². The zero-order valence-electron chi connectivity index (χ0n) is 13.4. The third-order valence-corrected chi connectivity index (χ3v) is 3.38. The topological polar surface area (TPSA) is 81.2 Å². The Balaban J connectivity index is 2.06. The summed E-state index contributed by atoms with van der Waals surface area (Å²) in [6.07, 6.45) is 4.26. The molecule has 6 heteroatoms. The molecule has 2 rings (SSSR count). The van der Waals surface area contributed by atoms with Crippen LogP contribution < -0.4 is 10.1 Å². The zero-order valence-corrected chi connectivity index (χ0v) is 13.4. The summed E-state index contributed by atoms with van der Waals surface area (Å²) in [5, 5.41) is 2.55. The van der Waals surface area contributed by atoms with Crippen LogP contribution in [-0.2, 0) is 0 Å². The van der Waals surface area contributed by atoms with Crippen molar-refractivity contribution in [3.63, 3.8) is 0 Å². The van der Waals surface area contributed by atoms with Crippen molar-refractivity contribution in [2.75, 3.05) is 13.7 Å². The van der Waals surface area contributed by atoms with Gasteiger partial charge in [-0.25, -0.2) is 4.98 Å². The summed E-state index contributed by atoms with van der Waals surface area (Å²) in [7, 11) is 1.60. The molecule has 0 saturated carbocycles. The van der Waals surface area contributed by atoms with Crippen LogP contribution in [0.15, 0.2) is 36.8 Å². The maximum atomic E-state index is 12.3. The maximum Gasteiger partial charge on any atom is 0.271 e. The Morgan fingerprint density at radius 2 is 2.04 bits per heavy atom. The summed E-state index contributed by atoms with van der Waals surface area (Å²) < 4.78 is 5.30. The summed E-state index contributed by atoms with van der Waals surface area (Å²) in [4.78, 5) is 31.8. The van der Waals surface area contributed by atoms with Crippen LogP contribution in [0.1, 0.15) is 46.2 Å². The highest BCUT2D eigenvalue weighted by Gasteiger charge is 2.14. The number of nitrogens with one attached hydrogen (secondary N) is 1. The van der Waals surface area contributed by atoms with Gasteiger partial charge in [-0.05, 0) is 29.7 Å². The molecule has 0 unspecified atom stereocenters. The fraction of sp³-hybridized carbons (Fsp3) is 0.294. The van der Waals surface area contributed by atoms with Crippen LogP contribution in [0.25, 0.3) is 0 Å². The first kappa shape index (κ1) is 16.6. The molecule has 0 spiro atoms. The van der Waals surface area contributed by atoms with Gasteiger partial charge in [0, 0.05) is 18.0 Å². The van der Waals surface area contributed by atoms with E-state index < -0.39 is 5.91 Å². The number of amides is 1. The molecule has 1 heterocycles. The van der Waals surface area contributed by atoms with Crippen molar-refractivity contribution in [1.29, 1.82) is 0 Å². The van der Waals surface area contributed by atoms with Crippen molar-refractivity contribution in [1.82, 2.24) is 15.3 Å². The molecule has 23 heavy (non-hydrogen) atoms. The van der Waals surface area contributed by atoms with Crippen LogP contribution in [0, 0.1) is 0 Å². The second-order valence-electron chi connectivity index (χ2n) is 5.31. The molecule has 0 atom stereocenters. The third kappa shape index (κ3) is 4.12. The molecule has 0 fully saturated rings. The van der Waals surface area contributed by atoms with Crippen LogP contribution in [0.3, 0.4) is 0 Å². The predicted octanol–water partition coefficient (Wildman–Crippen LogP) is 2.22. The average molecular weight is 313 g/mol. The van der Waals surface area contributed by atoms with Gasteiger partial charge in [0.25, 0.3) is 5.91 Å². The standard InChI is InChI=1S/C17H19N3O3/c1-11(2)13-8-12(4-5-16(13)23-3)15(21)10-20-17(22)14-9-18-6-7-19-14/h4-9,11H,10H2,1-3H3,(H,20,22). The first-order valence-electron chi connectivity index (χ1n) is 7.28. The lowest BCUT2D eigenvalue weighted by Gasteiger charge is -2.13. The molecule has 0 aliphatic carbocycles. The van der Waals surface area contributed by atoms with Gasteiger partial charge in [-0.2, -0.15) is 0 Å². The SMILES string of the molecule is COc1ccc(C(=O)CNC(=O)c2cnccn2)cc1C(C)C. The maximum absolute atomic E-state index is 12.3. The highest BCUT2D eigenvalue weighted by Crippen LogP contribution is 2.27. The molecule has 1 aromatic carbocycles. The molecule has 1 N–H and O–H groups in total. The number of hydrogen-bond donors (Lipinski definition) is 1. The second-order valence-corrected chi connectivity index (χ2v) is 5.31. The summed E-state index contributed by atoms with van der Waals surface area (Å²) >= 11 is 0. The number of ketones is 1. The van der Waals surface area contributed by atoms with Gasteiger partial charge in [0.2, 0.25) is 0 Å². The summed E-state index contributed by atoms with van der Waals surface area (Å²) in [5.74, 6) is 0.378. The van der Waals surface area contributed by atoms with Gasteiger partial charge in [0.1, 0.15) is 11.4 Å². The van der Waals surface area contributed by atoms with Gasteiger partial charge in [-0.15, -0.1) is 0 Å². The minimum absolute atomic E-state index is 0.0979. The number of carbonyl (C=O) groups excluding carboxylic acids is 2. The van der Waals surface area contributed by atoms with Gasteiger partial charge in [-0.1, -0.05) is 13.8 Å². The van der Waals surface area contributed by atoms with E-state index in [0.29, 0.717) is 5.56 Å². The number of Topliss-reactive ketones (excluding diaryl/α,β-unsaturated/α-hetero) is 1. The fourth-order valence-corrected chi connectivity index (χ4v) is 2.13. The number of carbonyl (C=O) groups is 2. The van der Waals surface area contributed by atoms with Gasteiger partial charge in [0.05, 0.1) is 19.9 Å². The van der Waals surface area contributed by atoms with Crippen molar-refractivity contribution < 1.29 is 14.3 Å². The van der Waals surface area contributed by atoms with Gasteiger partial charge in [-0.3, -0.25) is 14.6 Å². The van der Waals surface area contributed by atoms with Crippen molar-refractivity contribution in [3.05, 3.63) is 53.6 Å². The van der Waals surface area contributed by atoms with Crippen molar-refractivity contribution in [2.24, 2.45) is 0 Å². The number of ether oxygens (including phenoxy) is 1. The van der Waals surface area contributed by atoms with Crippen LogP contribution in [0.2, 0.25) is 0 Å². The number of nitrogens with zero attached hydrogens (tertiary/aromatic N) is 2. The van der Waals surface area contributed by atoms with Crippen LogP contribution in [0.5, 0.6) is 5.75 Å². The Bertz CT molecular complexity index is 699. The minimum Gasteiger partial charge on any atom is -0.496 e. The highest BCUT2D eigenvalue weighted by molar-refractivity contribution is 6.01. The van der Waals surface area contributed by atoms with E-state index in [-0.39, 0.29) is 23.9 Å². The Hall–Kier alpha value is -2.76. The normalized spacial score (nSPS) is 10.4. The molecule has 2 aromatic rings. The average Bonchev–Trinajstić information content (AvgIpc) is 2.59. The number of benzene rings is 1. The first-order valence-corrected chi connectivity index (χ1v) is 7.28. The highest BCUT2D eigenvalue weighted by atomic mass is 16.5. The molecule has 0 aliphatic rings. The van der Waals surface area contributed by atoms with Gasteiger partial charge < -0.3 is 10.1 Å². The molecule has 0 saturated heterocycles. The summed E-state index contributed by atoms with van der Waals surface area (Å²) in [5.41, 5.74) is 1.67. The van der Waals surface area contributed by atoms with E-state index >= 15 is 0 Å². The lowest BCUT2D eigenvalue weighted by atomic mass is 9.98. The zero-order chi connectivity index (χ0) is 16.8. The largest absolute Gasteiger partial charge is 0.496 e. The number of hydrogen-bond acceptors (Lipinski definition) is 5. The fourth-order valence-electron chi connectivity index (χ4n) is 2.13. The van der Waals surface area contributed by atoms with Gasteiger partial charge >= 0.3 is 0 Å².